The van der Waals surface area contributed by atoms with Crippen LogP contribution in [-0.4, -0.2) is 18.5 Å². The Balaban J connectivity index is 1.97. The molecule has 0 aromatic carbocycles. The molecule has 0 bridgehead atoms. The highest BCUT2D eigenvalue weighted by molar-refractivity contribution is 7.16. The first-order valence-corrected chi connectivity index (χ1v) is 7.04. The van der Waals surface area contributed by atoms with Gasteiger partial charge in [-0.3, -0.25) is 4.79 Å². The summed E-state index contributed by atoms with van der Waals surface area (Å²) in [4.78, 5) is 13.0. The predicted octanol–water partition coefficient (Wildman–Crippen LogP) is 2.58. The average molecular weight is 273 g/mol. The summed E-state index contributed by atoms with van der Waals surface area (Å²) >= 11 is 7.42. The molecule has 3 nitrogen and oxygen atoms in total. The second-order valence-electron chi connectivity index (χ2n) is 4.79. The maximum absolute atomic E-state index is 11.9. The molecule has 1 aromatic heterocycles. The second-order valence-corrected chi connectivity index (χ2v) is 6.54. The summed E-state index contributed by atoms with van der Waals surface area (Å²) in [6.07, 6.45) is 0.879. The molecule has 0 aliphatic carbocycles. The quantitative estimate of drug-likeness (QED) is 0.888. The first-order valence-electron chi connectivity index (χ1n) is 5.85. The standard InChI is InChI=1S/C12H17ClN2OS/c1-7(2)5-8-12(16)15-9(6-14-8)10-3-4-11(13)17-10/h3-4,7-9,14H,5-6H2,1-2H3,(H,15,16). The van der Waals surface area contributed by atoms with Gasteiger partial charge >= 0.3 is 0 Å². The van der Waals surface area contributed by atoms with Crippen LogP contribution >= 0.6 is 22.9 Å². The Hall–Kier alpha value is -0.580. The molecule has 94 valence electrons. The third kappa shape index (κ3) is 3.21. The molecule has 2 unspecified atom stereocenters. The smallest absolute Gasteiger partial charge is 0.237 e. The van der Waals surface area contributed by atoms with Crippen molar-refractivity contribution in [2.24, 2.45) is 5.92 Å². The minimum absolute atomic E-state index is 0.0540. The van der Waals surface area contributed by atoms with Crippen molar-refractivity contribution in [3.05, 3.63) is 21.3 Å². The Morgan fingerprint density at radius 3 is 2.82 bits per heavy atom. The molecule has 1 fully saturated rings. The molecule has 1 saturated heterocycles. The van der Waals surface area contributed by atoms with Gasteiger partial charge in [0, 0.05) is 11.4 Å². The van der Waals surface area contributed by atoms with Crippen LogP contribution in [-0.2, 0) is 4.79 Å². The Morgan fingerprint density at radius 2 is 2.29 bits per heavy atom. The molecular weight excluding hydrogens is 256 g/mol. The number of carbonyl (C=O) groups excluding carboxylic acids is 1. The van der Waals surface area contributed by atoms with Crippen LogP contribution in [0.1, 0.15) is 31.2 Å². The lowest BCUT2D eigenvalue weighted by molar-refractivity contribution is -0.125. The first-order chi connectivity index (χ1) is 8.06. The molecule has 5 heteroatoms. The van der Waals surface area contributed by atoms with E-state index in [9.17, 15) is 4.79 Å². The highest BCUT2D eigenvalue weighted by Gasteiger charge is 2.29. The molecule has 2 N–H and O–H groups in total. The van der Waals surface area contributed by atoms with Crippen LogP contribution in [0, 0.1) is 5.92 Å². The highest BCUT2D eigenvalue weighted by atomic mass is 35.5. The van der Waals surface area contributed by atoms with Crippen LogP contribution in [0.25, 0.3) is 0 Å². The van der Waals surface area contributed by atoms with Gasteiger partial charge in [-0.2, -0.15) is 0 Å². The number of amides is 1. The van der Waals surface area contributed by atoms with Gasteiger partial charge in [0.15, 0.2) is 0 Å². The van der Waals surface area contributed by atoms with Gasteiger partial charge in [-0.1, -0.05) is 25.4 Å². The summed E-state index contributed by atoms with van der Waals surface area (Å²) in [5, 5.41) is 6.36. The monoisotopic (exact) mass is 272 g/mol. The van der Waals surface area contributed by atoms with Crippen LogP contribution in [0.15, 0.2) is 12.1 Å². The molecule has 0 spiro atoms. The molecule has 2 atom stereocenters. The molecule has 2 rings (SSSR count). The van der Waals surface area contributed by atoms with Gasteiger partial charge in [0.25, 0.3) is 0 Å². The zero-order valence-electron chi connectivity index (χ0n) is 10.00. The van der Waals surface area contributed by atoms with E-state index >= 15 is 0 Å². The lowest BCUT2D eigenvalue weighted by Crippen LogP contribution is -2.54. The van der Waals surface area contributed by atoms with Gasteiger partial charge < -0.3 is 10.6 Å². The van der Waals surface area contributed by atoms with Crippen molar-refractivity contribution in [3.8, 4) is 0 Å². The number of halogens is 1. The van der Waals surface area contributed by atoms with Crippen LogP contribution in [0.5, 0.6) is 0 Å². The second kappa shape index (κ2) is 5.38. The molecule has 1 aliphatic heterocycles. The highest BCUT2D eigenvalue weighted by Crippen LogP contribution is 2.28. The Labute approximate surface area is 111 Å². The van der Waals surface area contributed by atoms with Crippen molar-refractivity contribution in [1.29, 1.82) is 0 Å². The van der Waals surface area contributed by atoms with E-state index in [0.29, 0.717) is 5.92 Å². The zero-order chi connectivity index (χ0) is 12.4. The Morgan fingerprint density at radius 1 is 1.53 bits per heavy atom. The van der Waals surface area contributed by atoms with Crippen LogP contribution in [0.3, 0.4) is 0 Å². The maximum atomic E-state index is 11.9. The number of nitrogens with one attached hydrogen (secondary N) is 2. The molecule has 1 amide bonds. The van der Waals surface area contributed by atoms with Crippen molar-refractivity contribution in [2.45, 2.75) is 32.4 Å². The van der Waals surface area contributed by atoms with E-state index in [1.54, 1.807) is 0 Å². The van der Waals surface area contributed by atoms with Crippen molar-refractivity contribution in [1.82, 2.24) is 10.6 Å². The number of thiophene rings is 1. The van der Waals surface area contributed by atoms with Gasteiger partial charge in [0.05, 0.1) is 16.4 Å². The van der Waals surface area contributed by atoms with E-state index in [1.807, 2.05) is 12.1 Å². The van der Waals surface area contributed by atoms with E-state index in [4.69, 9.17) is 11.6 Å². The first kappa shape index (κ1) is 12.9. The number of carbonyl (C=O) groups is 1. The van der Waals surface area contributed by atoms with Crippen molar-refractivity contribution in [3.63, 3.8) is 0 Å². The van der Waals surface area contributed by atoms with E-state index in [2.05, 4.69) is 24.5 Å². The van der Waals surface area contributed by atoms with Crippen LogP contribution in [0.2, 0.25) is 4.34 Å². The lowest BCUT2D eigenvalue weighted by atomic mass is 10.0. The maximum Gasteiger partial charge on any atom is 0.237 e. The molecule has 1 aromatic rings. The van der Waals surface area contributed by atoms with Crippen LogP contribution < -0.4 is 10.6 Å². The number of hydrogen-bond donors (Lipinski definition) is 2. The summed E-state index contributed by atoms with van der Waals surface area (Å²) < 4.78 is 0.763. The molecular formula is C12H17ClN2OS. The van der Waals surface area contributed by atoms with Gasteiger partial charge in [-0.15, -0.1) is 11.3 Å². The Kier molecular flexibility index (Phi) is 4.07. The summed E-state index contributed by atoms with van der Waals surface area (Å²) in [5.74, 6) is 0.616. The summed E-state index contributed by atoms with van der Waals surface area (Å²) in [6, 6.07) is 3.85. The number of hydrogen-bond acceptors (Lipinski definition) is 3. The molecule has 2 heterocycles. The fourth-order valence-electron chi connectivity index (χ4n) is 2.03. The largest absolute Gasteiger partial charge is 0.346 e. The fraction of sp³-hybridized carbons (Fsp3) is 0.583. The normalized spacial score (nSPS) is 25.1. The molecule has 0 radical (unpaired) electrons. The Bertz CT molecular complexity index is 405. The topological polar surface area (TPSA) is 41.1 Å². The zero-order valence-corrected chi connectivity index (χ0v) is 11.6. The van der Waals surface area contributed by atoms with Gasteiger partial charge in [0.1, 0.15) is 0 Å². The molecule has 1 aliphatic rings. The minimum Gasteiger partial charge on any atom is -0.346 e. The fourth-order valence-corrected chi connectivity index (χ4v) is 3.14. The lowest BCUT2D eigenvalue weighted by Gasteiger charge is -2.30. The minimum atomic E-state index is -0.0540. The SMILES string of the molecule is CC(C)CC1NCC(c2ccc(Cl)s2)NC1=O. The predicted molar refractivity (Wildman–Crippen MR) is 71.5 cm³/mol. The van der Waals surface area contributed by atoms with Crippen LogP contribution in [0.4, 0.5) is 0 Å². The van der Waals surface area contributed by atoms with E-state index < -0.39 is 0 Å². The van der Waals surface area contributed by atoms with Crippen molar-refractivity contribution < 1.29 is 4.79 Å². The van der Waals surface area contributed by atoms with E-state index in [-0.39, 0.29) is 18.0 Å². The summed E-state index contributed by atoms with van der Waals surface area (Å²) in [6.45, 7) is 5.03. The third-order valence-corrected chi connectivity index (χ3v) is 4.19. The summed E-state index contributed by atoms with van der Waals surface area (Å²) in [7, 11) is 0. The van der Waals surface area contributed by atoms with E-state index in [0.717, 1.165) is 22.2 Å². The third-order valence-electron chi connectivity index (χ3n) is 2.85. The van der Waals surface area contributed by atoms with Gasteiger partial charge in [-0.05, 0) is 24.5 Å². The average Bonchev–Trinajstić information content (AvgIpc) is 2.67. The van der Waals surface area contributed by atoms with E-state index in [1.165, 1.54) is 11.3 Å². The molecule has 0 saturated carbocycles. The van der Waals surface area contributed by atoms with Crippen molar-refractivity contribution in [2.75, 3.05) is 6.54 Å². The molecule has 17 heavy (non-hydrogen) atoms. The van der Waals surface area contributed by atoms with Gasteiger partial charge in [0.2, 0.25) is 5.91 Å². The van der Waals surface area contributed by atoms with Gasteiger partial charge in [-0.25, -0.2) is 0 Å². The van der Waals surface area contributed by atoms with Crippen molar-refractivity contribution >= 4 is 28.8 Å². The summed E-state index contributed by atoms with van der Waals surface area (Å²) in [5.41, 5.74) is 0. The number of rotatable bonds is 3. The number of piperazine rings is 1.